The van der Waals surface area contributed by atoms with Gasteiger partial charge in [-0.25, -0.2) is 4.98 Å². The number of anilines is 3. The Bertz CT molecular complexity index is 475. The number of nitrogen functional groups attached to an aromatic ring is 3. The van der Waals surface area contributed by atoms with Gasteiger partial charge in [0, 0.05) is 17.3 Å². The van der Waals surface area contributed by atoms with Crippen molar-refractivity contribution < 1.29 is 0 Å². The van der Waals surface area contributed by atoms with Crippen LogP contribution in [0.15, 0.2) is 30.3 Å². The molecular formula is C10H11N5. The molecule has 15 heavy (non-hydrogen) atoms. The third-order valence-electron chi connectivity index (χ3n) is 1.95. The predicted octanol–water partition coefficient (Wildman–Crippen LogP) is 0.890. The average molecular weight is 201 g/mol. The number of hydrogen-bond acceptors (Lipinski definition) is 5. The monoisotopic (exact) mass is 201 g/mol. The van der Waals surface area contributed by atoms with Crippen LogP contribution in [0.2, 0.25) is 0 Å². The van der Waals surface area contributed by atoms with E-state index in [1.165, 1.54) is 0 Å². The highest BCUT2D eigenvalue weighted by Crippen LogP contribution is 2.21. The number of aromatic nitrogens is 2. The zero-order valence-corrected chi connectivity index (χ0v) is 8.01. The Hall–Kier alpha value is -2.30. The van der Waals surface area contributed by atoms with Crippen LogP contribution in [-0.2, 0) is 0 Å². The number of rotatable bonds is 1. The van der Waals surface area contributed by atoms with E-state index >= 15 is 0 Å². The molecule has 2 rings (SSSR count). The molecule has 0 bridgehead atoms. The summed E-state index contributed by atoms with van der Waals surface area (Å²) in [6.07, 6.45) is 0. The van der Waals surface area contributed by atoms with Crippen molar-refractivity contribution >= 4 is 17.5 Å². The van der Waals surface area contributed by atoms with E-state index in [0.29, 0.717) is 17.2 Å². The smallest absolute Gasteiger partial charge is 0.222 e. The van der Waals surface area contributed by atoms with Gasteiger partial charge in [0.1, 0.15) is 5.82 Å². The standard InChI is InChI=1S/C10H11N5/c11-7-3-1-2-6(4-7)8-5-9(12)15-10(13)14-8/h1-5H,11H2,(H4,12,13,14,15). The summed E-state index contributed by atoms with van der Waals surface area (Å²) >= 11 is 0. The van der Waals surface area contributed by atoms with E-state index in [9.17, 15) is 0 Å². The summed E-state index contributed by atoms with van der Waals surface area (Å²) in [4.78, 5) is 7.87. The van der Waals surface area contributed by atoms with Crippen molar-refractivity contribution in [1.29, 1.82) is 0 Å². The van der Waals surface area contributed by atoms with Crippen molar-refractivity contribution in [1.82, 2.24) is 9.97 Å². The fraction of sp³-hybridized carbons (Fsp3) is 0. The van der Waals surface area contributed by atoms with Crippen LogP contribution in [0.3, 0.4) is 0 Å². The van der Waals surface area contributed by atoms with Crippen LogP contribution in [0.25, 0.3) is 11.3 Å². The Morgan fingerprint density at radius 2 is 1.73 bits per heavy atom. The van der Waals surface area contributed by atoms with Gasteiger partial charge in [-0.2, -0.15) is 4.98 Å². The molecule has 1 aromatic heterocycles. The van der Waals surface area contributed by atoms with Crippen molar-refractivity contribution in [3.63, 3.8) is 0 Å². The zero-order valence-electron chi connectivity index (χ0n) is 8.01. The maximum absolute atomic E-state index is 5.67. The topological polar surface area (TPSA) is 104 Å². The van der Waals surface area contributed by atoms with Crippen LogP contribution in [0.1, 0.15) is 0 Å². The van der Waals surface area contributed by atoms with E-state index in [0.717, 1.165) is 5.56 Å². The SMILES string of the molecule is Nc1cccc(-c2cc(N)nc(N)n2)c1. The lowest BCUT2D eigenvalue weighted by Crippen LogP contribution is -2.00. The molecule has 0 atom stereocenters. The summed E-state index contributed by atoms with van der Waals surface area (Å²) in [5.41, 5.74) is 19.0. The molecule has 0 aliphatic carbocycles. The fourth-order valence-corrected chi connectivity index (χ4v) is 1.33. The molecular weight excluding hydrogens is 190 g/mol. The van der Waals surface area contributed by atoms with Crippen molar-refractivity contribution in [3.05, 3.63) is 30.3 Å². The van der Waals surface area contributed by atoms with Gasteiger partial charge in [0.05, 0.1) is 5.69 Å². The molecule has 0 saturated carbocycles. The minimum absolute atomic E-state index is 0.160. The van der Waals surface area contributed by atoms with Crippen LogP contribution in [-0.4, -0.2) is 9.97 Å². The van der Waals surface area contributed by atoms with Crippen LogP contribution in [0.4, 0.5) is 17.5 Å². The van der Waals surface area contributed by atoms with Gasteiger partial charge in [0.2, 0.25) is 5.95 Å². The molecule has 0 aliphatic rings. The molecule has 5 nitrogen and oxygen atoms in total. The van der Waals surface area contributed by atoms with Gasteiger partial charge in [-0.05, 0) is 12.1 Å². The van der Waals surface area contributed by atoms with Crippen molar-refractivity contribution in [3.8, 4) is 11.3 Å². The first-order valence-corrected chi connectivity index (χ1v) is 4.41. The normalized spacial score (nSPS) is 10.1. The van der Waals surface area contributed by atoms with E-state index in [-0.39, 0.29) is 5.95 Å². The summed E-state index contributed by atoms with van der Waals surface area (Å²) < 4.78 is 0. The third kappa shape index (κ3) is 1.96. The molecule has 0 unspecified atom stereocenters. The maximum Gasteiger partial charge on any atom is 0.222 e. The third-order valence-corrected chi connectivity index (χ3v) is 1.95. The molecule has 0 spiro atoms. The highest BCUT2D eigenvalue weighted by molar-refractivity contribution is 5.66. The van der Waals surface area contributed by atoms with E-state index in [1.54, 1.807) is 18.2 Å². The first-order valence-electron chi connectivity index (χ1n) is 4.41. The summed E-state index contributed by atoms with van der Waals surface area (Å²) in [6, 6.07) is 9.00. The molecule has 0 aliphatic heterocycles. The van der Waals surface area contributed by atoms with Gasteiger partial charge in [-0.15, -0.1) is 0 Å². The number of benzene rings is 1. The van der Waals surface area contributed by atoms with Gasteiger partial charge in [-0.3, -0.25) is 0 Å². The first kappa shape index (κ1) is 9.26. The van der Waals surface area contributed by atoms with Crippen molar-refractivity contribution in [2.24, 2.45) is 0 Å². The second kappa shape index (κ2) is 3.45. The Kier molecular flexibility index (Phi) is 2.13. The highest BCUT2D eigenvalue weighted by Gasteiger charge is 2.02. The molecule has 0 amide bonds. The Morgan fingerprint density at radius 1 is 0.933 bits per heavy atom. The number of nitrogens with two attached hydrogens (primary N) is 3. The maximum atomic E-state index is 5.67. The minimum Gasteiger partial charge on any atom is -0.399 e. The quantitative estimate of drug-likeness (QED) is 0.594. The molecule has 6 N–H and O–H groups in total. The summed E-state index contributed by atoms with van der Waals surface area (Å²) in [7, 11) is 0. The predicted molar refractivity (Wildman–Crippen MR) is 60.7 cm³/mol. The van der Waals surface area contributed by atoms with Crippen molar-refractivity contribution in [2.45, 2.75) is 0 Å². The lowest BCUT2D eigenvalue weighted by molar-refractivity contribution is 1.20. The van der Waals surface area contributed by atoms with E-state index < -0.39 is 0 Å². The second-order valence-electron chi connectivity index (χ2n) is 3.16. The van der Waals surface area contributed by atoms with Gasteiger partial charge in [0.15, 0.2) is 0 Å². The summed E-state index contributed by atoms with van der Waals surface area (Å²) in [5, 5.41) is 0. The highest BCUT2D eigenvalue weighted by atomic mass is 15.0. The first-order chi connectivity index (χ1) is 7.15. The lowest BCUT2D eigenvalue weighted by Gasteiger charge is -2.03. The molecule has 1 aromatic carbocycles. The molecule has 76 valence electrons. The average Bonchev–Trinajstić information content (AvgIpc) is 2.16. The largest absolute Gasteiger partial charge is 0.399 e. The minimum atomic E-state index is 0.160. The van der Waals surface area contributed by atoms with E-state index in [2.05, 4.69) is 9.97 Å². The number of hydrogen-bond donors (Lipinski definition) is 3. The zero-order chi connectivity index (χ0) is 10.8. The van der Waals surface area contributed by atoms with Crippen LogP contribution in [0, 0.1) is 0 Å². The van der Waals surface area contributed by atoms with Gasteiger partial charge in [-0.1, -0.05) is 12.1 Å². The molecule has 0 fully saturated rings. The molecule has 2 aromatic rings. The molecule has 5 heteroatoms. The van der Waals surface area contributed by atoms with E-state index in [4.69, 9.17) is 17.2 Å². The summed E-state index contributed by atoms with van der Waals surface area (Å²) in [5.74, 6) is 0.507. The van der Waals surface area contributed by atoms with Crippen molar-refractivity contribution in [2.75, 3.05) is 17.2 Å². The number of nitrogens with zero attached hydrogens (tertiary/aromatic N) is 2. The van der Waals surface area contributed by atoms with Crippen LogP contribution in [0.5, 0.6) is 0 Å². The summed E-state index contributed by atoms with van der Waals surface area (Å²) in [6.45, 7) is 0. The second-order valence-corrected chi connectivity index (χ2v) is 3.16. The van der Waals surface area contributed by atoms with Gasteiger partial charge < -0.3 is 17.2 Å². The Morgan fingerprint density at radius 3 is 2.40 bits per heavy atom. The van der Waals surface area contributed by atoms with Gasteiger partial charge >= 0.3 is 0 Å². The lowest BCUT2D eigenvalue weighted by atomic mass is 10.1. The molecule has 1 heterocycles. The Balaban J connectivity index is 2.54. The van der Waals surface area contributed by atoms with Crippen LogP contribution >= 0.6 is 0 Å². The molecule has 0 saturated heterocycles. The Labute approximate surface area is 86.9 Å². The van der Waals surface area contributed by atoms with E-state index in [1.807, 2.05) is 12.1 Å². The van der Waals surface area contributed by atoms with Gasteiger partial charge in [0.25, 0.3) is 0 Å². The van der Waals surface area contributed by atoms with Crippen LogP contribution < -0.4 is 17.2 Å². The fourth-order valence-electron chi connectivity index (χ4n) is 1.33. The molecule has 0 radical (unpaired) electrons.